The number of halogens is 1. The molecule has 0 bridgehead atoms. The monoisotopic (exact) mass is 385 g/mol. The summed E-state index contributed by atoms with van der Waals surface area (Å²) < 4.78 is 0. The highest BCUT2D eigenvalue weighted by atomic mass is 127. The summed E-state index contributed by atoms with van der Waals surface area (Å²) in [6, 6.07) is 11.5. The van der Waals surface area contributed by atoms with Crippen molar-refractivity contribution in [1.82, 2.24) is 10.6 Å². The maximum atomic E-state index is 4.73. The van der Waals surface area contributed by atoms with E-state index in [0.717, 1.165) is 30.9 Å². The molecule has 0 aromatic heterocycles. The number of hydrogen-bond acceptors (Lipinski definition) is 1. The van der Waals surface area contributed by atoms with E-state index >= 15 is 0 Å². The third-order valence-corrected chi connectivity index (χ3v) is 3.90. The van der Waals surface area contributed by atoms with Gasteiger partial charge in [0.1, 0.15) is 0 Å². The number of guanidine groups is 1. The predicted molar refractivity (Wildman–Crippen MR) is 94.8 cm³/mol. The Bertz CT molecular complexity index is 442. The molecular formula is C16H24IN3. The molecule has 1 aromatic rings. The van der Waals surface area contributed by atoms with Crippen molar-refractivity contribution in [1.29, 1.82) is 0 Å². The highest BCUT2D eigenvalue weighted by Crippen LogP contribution is 2.47. The quantitative estimate of drug-likeness (QED) is 0.464. The molecular weight excluding hydrogens is 361 g/mol. The van der Waals surface area contributed by atoms with E-state index in [1.807, 2.05) is 0 Å². The van der Waals surface area contributed by atoms with Crippen LogP contribution in [0.1, 0.15) is 37.7 Å². The van der Waals surface area contributed by atoms with Gasteiger partial charge in [-0.3, -0.25) is 4.99 Å². The largest absolute Gasteiger partial charge is 0.357 e. The standard InChI is InChI=1S/C16H23N3.HI/c1-2-17-16(19-14-8-9-14)18-11-13-10-15(13)12-6-4-3-5-7-12;/h3-7,13-15H,2,8-11H2,1H3,(H2,17,18,19);1H. The van der Waals surface area contributed by atoms with Crippen LogP contribution in [0.25, 0.3) is 0 Å². The summed E-state index contributed by atoms with van der Waals surface area (Å²) in [5.74, 6) is 2.47. The van der Waals surface area contributed by atoms with Crippen molar-refractivity contribution in [2.24, 2.45) is 10.9 Å². The first-order valence-electron chi connectivity index (χ1n) is 7.46. The van der Waals surface area contributed by atoms with Gasteiger partial charge in [-0.1, -0.05) is 30.3 Å². The molecule has 0 aliphatic heterocycles. The molecule has 1 aromatic carbocycles. The molecule has 0 spiro atoms. The lowest BCUT2D eigenvalue weighted by atomic mass is 10.1. The van der Waals surface area contributed by atoms with Gasteiger partial charge in [0.05, 0.1) is 0 Å². The van der Waals surface area contributed by atoms with Gasteiger partial charge in [-0.05, 0) is 43.6 Å². The van der Waals surface area contributed by atoms with Crippen LogP contribution in [-0.4, -0.2) is 25.1 Å². The van der Waals surface area contributed by atoms with E-state index in [4.69, 9.17) is 4.99 Å². The van der Waals surface area contributed by atoms with E-state index in [1.165, 1.54) is 24.8 Å². The maximum absolute atomic E-state index is 4.73. The Morgan fingerprint density at radius 3 is 2.65 bits per heavy atom. The van der Waals surface area contributed by atoms with Crippen LogP contribution >= 0.6 is 24.0 Å². The van der Waals surface area contributed by atoms with Crippen molar-refractivity contribution in [2.45, 2.75) is 38.1 Å². The van der Waals surface area contributed by atoms with Crippen molar-refractivity contribution < 1.29 is 0 Å². The summed E-state index contributed by atoms with van der Waals surface area (Å²) in [4.78, 5) is 4.73. The Hall–Kier alpha value is -0.780. The fourth-order valence-corrected chi connectivity index (χ4v) is 2.51. The van der Waals surface area contributed by atoms with Crippen molar-refractivity contribution in [2.75, 3.05) is 13.1 Å². The number of nitrogens with one attached hydrogen (secondary N) is 2. The number of benzene rings is 1. The van der Waals surface area contributed by atoms with E-state index in [0.29, 0.717) is 6.04 Å². The van der Waals surface area contributed by atoms with Gasteiger partial charge in [0, 0.05) is 19.1 Å². The Morgan fingerprint density at radius 2 is 2.00 bits per heavy atom. The molecule has 110 valence electrons. The van der Waals surface area contributed by atoms with E-state index in [9.17, 15) is 0 Å². The normalized spacial score (nSPS) is 24.8. The van der Waals surface area contributed by atoms with Crippen LogP contribution in [0.3, 0.4) is 0 Å². The molecule has 2 aliphatic rings. The van der Waals surface area contributed by atoms with Crippen LogP contribution in [0.5, 0.6) is 0 Å². The summed E-state index contributed by atoms with van der Waals surface area (Å²) in [7, 11) is 0. The number of aliphatic imine (C=N–C) groups is 1. The Morgan fingerprint density at radius 1 is 1.25 bits per heavy atom. The van der Waals surface area contributed by atoms with Crippen LogP contribution in [-0.2, 0) is 0 Å². The minimum absolute atomic E-state index is 0. The lowest BCUT2D eigenvalue weighted by Gasteiger charge is -2.09. The number of hydrogen-bond donors (Lipinski definition) is 2. The molecule has 0 amide bonds. The average molecular weight is 385 g/mol. The van der Waals surface area contributed by atoms with E-state index in [1.54, 1.807) is 0 Å². The third kappa shape index (κ3) is 4.36. The predicted octanol–water partition coefficient (Wildman–Crippen LogP) is 3.13. The van der Waals surface area contributed by atoms with Crippen molar-refractivity contribution in [3.8, 4) is 0 Å². The molecule has 3 rings (SSSR count). The summed E-state index contributed by atoms with van der Waals surface area (Å²) in [5.41, 5.74) is 1.47. The van der Waals surface area contributed by atoms with Crippen molar-refractivity contribution in [3.63, 3.8) is 0 Å². The van der Waals surface area contributed by atoms with Gasteiger partial charge in [-0.25, -0.2) is 0 Å². The molecule has 4 heteroatoms. The summed E-state index contributed by atoms with van der Waals surface area (Å²) in [5, 5.41) is 6.80. The average Bonchev–Trinajstić information content (AvgIpc) is 3.33. The molecule has 2 unspecified atom stereocenters. The lowest BCUT2D eigenvalue weighted by Crippen LogP contribution is -2.38. The topological polar surface area (TPSA) is 36.4 Å². The van der Waals surface area contributed by atoms with E-state index in [2.05, 4.69) is 47.9 Å². The van der Waals surface area contributed by atoms with E-state index in [-0.39, 0.29) is 24.0 Å². The molecule has 2 aliphatic carbocycles. The highest BCUT2D eigenvalue weighted by molar-refractivity contribution is 14.0. The Kier molecular flexibility index (Phi) is 5.69. The first-order valence-corrected chi connectivity index (χ1v) is 7.46. The first-order chi connectivity index (χ1) is 9.36. The zero-order valence-corrected chi connectivity index (χ0v) is 14.3. The molecule has 0 radical (unpaired) electrons. The summed E-state index contributed by atoms with van der Waals surface area (Å²) in [6.07, 6.45) is 3.87. The fourth-order valence-electron chi connectivity index (χ4n) is 2.51. The Labute approximate surface area is 138 Å². The van der Waals surface area contributed by atoms with Crippen LogP contribution in [0.15, 0.2) is 35.3 Å². The molecule has 0 heterocycles. The van der Waals surface area contributed by atoms with Crippen LogP contribution in [0.4, 0.5) is 0 Å². The molecule has 3 nitrogen and oxygen atoms in total. The summed E-state index contributed by atoms with van der Waals surface area (Å²) in [6.45, 7) is 4.00. The molecule has 2 fully saturated rings. The van der Waals surface area contributed by atoms with Gasteiger partial charge < -0.3 is 10.6 Å². The lowest BCUT2D eigenvalue weighted by molar-refractivity contribution is 0.768. The minimum Gasteiger partial charge on any atom is -0.357 e. The smallest absolute Gasteiger partial charge is 0.191 e. The Balaban J connectivity index is 0.00000147. The van der Waals surface area contributed by atoms with Gasteiger partial charge in [-0.15, -0.1) is 24.0 Å². The number of rotatable bonds is 5. The second-order valence-corrected chi connectivity index (χ2v) is 5.65. The van der Waals surface area contributed by atoms with Crippen molar-refractivity contribution in [3.05, 3.63) is 35.9 Å². The fraction of sp³-hybridized carbons (Fsp3) is 0.562. The van der Waals surface area contributed by atoms with Crippen LogP contribution < -0.4 is 10.6 Å². The first kappa shape index (κ1) is 15.6. The van der Waals surface area contributed by atoms with Crippen LogP contribution in [0, 0.1) is 5.92 Å². The molecule has 20 heavy (non-hydrogen) atoms. The van der Waals surface area contributed by atoms with Crippen molar-refractivity contribution >= 4 is 29.9 Å². The number of nitrogens with zero attached hydrogens (tertiary/aromatic N) is 1. The highest BCUT2D eigenvalue weighted by Gasteiger charge is 2.37. The van der Waals surface area contributed by atoms with E-state index < -0.39 is 0 Å². The van der Waals surface area contributed by atoms with Gasteiger partial charge in [-0.2, -0.15) is 0 Å². The maximum Gasteiger partial charge on any atom is 0.191 e. The molecule has 0 saturated heterocycles. The molecule has 2 N–H and O–H groups in total. The zero-order valence-electron chi connectivity index (χ0n) is 12.0. The second kappa shape index (κ2) is 7.29. The SMILES string of the molecule is CCNC(=NCC1CC1c1ccccc1)NC1CC1.I. The summed E-state index contributed by atoms with van der Waals surface area (Å²) >= 11 is 0. The molecule has 2 saturated carbocycles. The second-order valence-electron chi connectivity index (χ2n) is 5.65. The van der Waals surface area contributed by atoms with Crippen LogP contribution in [0.2, 0.25) is 0 Å². The van der Waals surface area contributed by atoms with Gasteiger partial charge in [0.15, 0.2) is 5.96 Å². The minimum atomic E-state index is 0. The van der Waals surface area contributed by atoms with Gasteiger partial charge in [0.25, 0.3) is 0 Å². The molecule has 2 atom stereocenters. The van der Waals surface area contributed by atoms with Gasteiger partial charge >= 0.3 is 0 Å². The van der Waals surface area contributed by atoms with Gasteiger partial charge in [0.2, 0.25) is 0 Å². The third-order valence-electron chi connectivity index (χ3n) is 3.90. The zero-order chi connectivity index (χ0) is 13.1.